The van der Waals surface area contributed by atoms with E-state index >= 15 is 0 Å². The van der Waals surface area contributed by atoms with Gasteiger partial charge in [0.15, 0.2) is 11.5 Å². The van der Waals surface area contributed by atoms with Crippen LogP contribution in [0.5, 0.6) is 11.5 Å². The summed E-state index contributed by atoms with van der Waals surface area (Å²) in [7, 11) is 0. The molecular weight excluding hydrogens is 268 g/mol. The van der Waals surface area contributed by atoms with Gasteiger partial charge in [-0.3, -0.25) is 4.79 Å². The van der Waals surface area contributed by atoms with Crippen molar-refractivity contribution in [2.45, 2.75) is 27.2 Å². The Morgan fingerprint density at radius 3 is 2.68 bits per heavy atom. The van der Waals surface area contributed by atoms with E-state index in [1.165, 1.54) is 0 Å². The number of ether oxygens (including phenoxy) is 2. The van der Waals surface area contributed by atoms with Crippen LogP contribution in [0.25, 0.3) is 0 Å². The third kappa shape index (κ3) is 2.63. The number of carbonyl (C=O) groups is 1. The molecule has 0 spiro atoms. The maximum Gasteiger partial charge on any atom is 0.309 e. The first-order chi connectivity index (χ1) is 8.83. The molecule has 1 aromatic rings. The Labute approximate surface area is 117 Å². The molecule has 4 nitrogen and oxygen atoms in total. The highest BCUT2D eigenvalue weighted by atomic mass is 35.5. The van der Waals surface area contributed by atoms with Gasteiger partial charge in [-0.1, -0.05) is 11.6 Å². The van der Waals surface area contributed by atoms with Crippen LogP contribution in [0.1, 0.15) is 25.0 Å². The number of hydrogen-bond acceptors (Lipinski definition) is 3. The Morgan fingerprint density at radius 1 is 1.42 bits per heavy atom. The number of fused-ring (bicyclic) bond motifs is 1. The lowest BCUT2D eigenvalue weighted by Gasteiger charge is -2.25. The molecule has 0 aliphatic carbocycles. The lowest BCUT2D eigenvalue weighted by atomic mass is 9.85. The molecule has 1 aliphatic rings. The van der Waals surface area contributed by atoms with Crippen molar-refractivity contribution >= 4 is 17.6 Å². The number of carboxylic acids is 1. The first-order valence-corrected chi connectivity index (χ1v) is 6.51. The highest BCUT2D eigenvalue weighted by Gasteiger charge is 2.30. The molecule has 1 aromatic carbocycles. The molecule has 0 bridgehead atoms. The van der Waals surface area contributed by atoms with Crippen LogP contribution in [0, 0.1) is 12.3 Å². The normalized spacial score (nSPS) is 14.3. The molecule has 104 valence electrons. The smallest absolute Gasteiger partial charge is 0.309 e. The average Bonchev–Trinajstić information content (AvgIpc) is 2.35. The predicted octanol–water partition coefficient (Wildman–Crippen LogP) is 3.07. The number of hydrogen-bond donors (Lipinski definition) is 1. The summed E-state index contributed by atoms with van der Waals surface area (Å²) in [5, 5.41) is 9.76. The van der Waals surface area contributed by atoms with Gasteiger partial charge < -0.3 is 14.6 Å². The van der Waals surface area contributed by atoms with Crippen LogP contribution >= 0.6 is 11.6 Å². The highest BCUT2D eigenvalue weighted by molar-refractivity contribution is 6.32. The highest BCUT2D eigenvalue weighted by Crippen LogP contribution is 2.41. The quantitative estimate of drug-likeness (QED) is 0.927. The summed E-state index contributed by atoms with van der Waals surface area (Å²) in [6, 6.07) is 1.79. The van der Waals surface area contributed by atoms with E-state index < -0.39 is 11.4 Å². The summed E-state index contributed by atoms with van der Waals surface area (Å²) in [6.07, 6.45) is 0.346. The molecule has 0 unspecified atom stereocenters. The maximum absolute atomic E-state index is 11.2. The first-order valence-electron chi connectivity index (χ1n) is 6.14. The Balaban J connectivity index is 2.42. The minimum Gasteiger partial charge on any atom is -0.486 e. The van der Waals surface area contributed by atoms with Gasteiger partial charge in [-0.25, -0.2) is 0 Å². The van der Waals surface area contributed by atoms with Crippen molar-refractivity contribution in [3.8, 4) is 11.5 Å². The molecule has 1 heterocycles. The Hall–Kier alpha value is -1.42. The van der Waals surface area contributed by atoms with Gasteiger partial charge in [0.25, 0.3) is 0 Å². The fraction of sp³-hybridized carbons (Fsp3) is 0.500. The molecule has 0 amide bonds. The zero-order chi connectivity index (χ0) is 14.2. The van der Waals surface area contributed by atoms with E-state index in [1.807, 2.05) is 6.92 Å². The van der Waals surface area contributed by atoms with Gasteiger partial charge in [-0.2, -0.15) is 0 Å². The van der Waals surface area contributed by atoms with Crippen molar-refractivity contribution in [2.24, 2.45) is 5.41 Å². The van der Waals surface area contributed by atoms with Crippen molar-refractivity contribution in [1.82, 2.24) is 0 Å². The maximum atomic E-state index is 11.2. The summed E-state index contributed by atoms with van der Waals surface area (Å²) in [5.41, 5.74) is 0.700. The third-order valence-corrected chi connectivity index (χ3v) is 3.81. The number of aliphatic carboxylic acids is 1. The fourth-order valence-electron chi connectivity index (χ4n) is 2.07. The zero-order valence-corrected chi connectivity index (χ0v) is 12.0. The Morgan fingerprint density at radius 2 is 2.05 bits per heavy atom. The fourth-order valence-corrected chi connectivity index (χ4v) is 2.28. The van der Waals surface area contributed by atoms with Crippen molar-refractivity contribution in [3.63, 3.8) is 0 Å². The second kappa shape index (κ2) is 4.93. The average molecular weight is 285 g/mol. The summed E-state index contributed by atoms with van der Waals surface area (Å²) in [4.78, 5) is 11.2. The lowest BCUT2D eigenvalue weighted by Crippen LogP contribution is -2.26. The standard InChI is InChI=1S/C14H17ClO4/c1-8-11(15)9(7-14(2,3)13(16)17)6-10-12(8)19-5-4-18-10/h6H,4-5,7H2,1-3H3,(H,16,17). The van der Waals surface area contributed by atoms with Crippen LogP contribution in [0.15, 0.2) is 6.07 Å². The zero-order valence-electron chi connectivity index (χ0n) is 11.2. The number of halogens is 1. The number of benzene rings is 1. The SMILES string of the molecule is Cc1c(Cl)c(CC(C)(C)C(=O)O)cc2c1OCCO2. The molecule has 0 saturated heterocycles. The molecule has 2 rings (SSSR count). The minimum atomic E-state index is -0.875. The van der Waals surface area contributed by atoms with Gasteiger partial charge in [-0.15, -0.1) is 0 Å². The molecule has 0 saturated carbocycles. The lowest BCUT2D eigenvalue weighted by molar-refractivity contribution is -0.146. The number of carboxylic acid groups (broad SMARTS) is 1. The Bertz CT molecular complexity index is 523. The van der Waals surface area contributed by atoms with Crippen molar-refractivity contribution < 1.29 is 19.4 Å². The second-order valence-corrected chi connectivity index (χ2v) is 5.74. The molecule has 5 heteroatoms. The van der Waals surface area contributed by atoms with Gasteiger partial charge in [0.2, 0.25) is 0 Å². The Kier molecular flexibility index (Phi) is 3.63. The van der Waals surface area contributed by atoms with Crippen LogP contribution in [-0.4, -0.2) is 24.3 Å². The van der Waals surface area contributed by atoms with E-state index in [-0.39, 0.29) is 0 Å². The topological polar surface area (TPSA) is 55.8 Å². The van der Waals surface area contributed by atoms with Crippen molar-refractivity contribution in [1.29, 1.82) is 0 Å². The van der Waals surface area contributed by atoms with Gasteiger partial charge in [0.1, 0.15) is 13.2 Å². The van der Waals surface area contributed by atoms with Crippen LogP contribution in [0.2, 0.25) is 5.02 Å². The largest absolute Gasteiger partial charge is 0.486 e. The summed E-state index contributed by atoms with van der Waals surface area (Å²) in [6.45, 7) is 6.21. The van der Waals surface area contributed by atoms with E-state index in [9.17, 15) is 9.90 Å². The minimum absolute atomic E-state index is 0.346. The molecule has 1 N–H and O–H groups in total. The van der Waals surface area contributed by atoms with Crippen molar-refractivity contribution in [2.75, 3.05) is 13.2 Å². The van der Waals surface area contributed by atoms with Gasteiger partial charge >= 0.3 is 5.97 Å². The first kappa shape index (κ1) is 14.0. The monoisotopic (exact) mass is 284 g/mol. The summed E-state index contributed by atoms with van der Waals surface area (Å²) in [5.74, 6) is 0.452. The molecule has 1 aliphatic heterocycles. The summed E-state index contributed by atoms with van der Waals surface area (Å²) >= 11 is 6.31. The van der Waals surface area contributed by atoms with Gasteiger partial charge in [-0.05, 0) is 38.8 Å². The van der Waals surface area contributed by atoms with Crippen LogP contribution in [0.4, 0.5) is 0 Å². The molecule has 0 fully saturated rings. The molecule has 19 heavy (non-hydrogen) atoms. The van der Waals surface area contributed by atoms with Crippen LogP contribution < -0.4 is 9.47 Å². The third-order valence-electron chi connectivity index (χ3n) is 3.28. The predicted molar refractivity (Wildman–Crippen MR) is 72.3 cm³/mol. The number of rotatable bonds is 3. The molecule has 0 radical (unpaired) electrons. The summed E-state index contributed by atoms with van der Waals surface area (Å²) < 4.78 is 11.1. The second-order valence-electron chi connectivity index (χ2n) is 5.36. The van der Waals surface area contributed by atoms with E-state index in [0.717, 1.165) is 11.1 Å². The van der Waals surface area contributed by atoms with E-state index in [1.54, 1.807) is 19.9 Å². The molecule has 0 aromatic heterocycles. The molecule has 0 atom stereocenters. The van der Waals surface area contributed by atoms with Gasteiger partial charge in [0, 0.05) is 5.56 Å². The van der Waals surface area contributed by atoms with E-state index in [0.29, 0.717) is 36.2 Å². The van der Waals surface area contributed by atoms with E-state index in [2.05, 4.69) is 0 Å². The molecular formula is C14H17ClO4. The van der Waals surface area contributed by atoms with Gasteiger partial charge in [0.05, 0.1) is 10.4 Å². The van der Waals surface area contributed by atoms with Crippen LogP contribution in [-0.2, 0) is 11.2 Å². The van der Waals surface area contributed by atoms with E-state index in [4.69, 9.17) is 21.1 Å². The van der Waals surface area contributed by atoms with Crippen LogP contribution in [0.3, 0.4) is 0 Å². The van der Waals surface area contributed by atoms with Crippen molar-refractivity contribution in [3.05, 3.63) is 22.2 Å².